The summed E-state index contributed by atoms with van der Waals surface area (Å²) in [5.41, 5.74) is 1.77. The van der Waals surface area contributed by atoms with Crippen LogP contribution in [0.5, 0.6) is 0 Å². The van der Waals surface area contributed by atoms with Crippen LogP contribution in [0.1, 0.15) is 11.3 Å². The van der Waals surface area contributed by atoms with Gasteiger partial charge in [0.2, 0.25) is 5.89 Å². The Morgan fingerprint density at radius 3 is 2.32 bits per heavy atom. The highest BCUT2D eigenvalue weighted by Crippen LogP contribution is 2.24. The smallest absolute Gasteiger partial charge is 0.334 e. The zero-order valence-electron chi connectivity index (χ0n) is 14.5. The van der Waals surface area contributed by atoms with E-state index in [0.29, 0.717) is 22.2 Å². The number of aromatic nitrogens is 1. The largest absolute Gasteiger partial charge is 0.444 e. The fraction of sp³-hybridized carbons (Fsp3) is 0.100. The quantitative estimate of drug-likeness (QED) is 0.487. The fourth-order valence-electron chi connectivity index (χ4n) is 2.89. The van der Waals surface area contributed by atoms with E-state index in [0.717, 1.165) is 15.4 Å². The highest BCUT2D eigenvalue weighted by Gasteiger charge is 2.44. The maximum absolute atomic E-state index is 12.6. The maximum Gasteiger partial charge on any atom is 0.334 e. The molecule has 2 heterocycles. The number of hydrogen-bond acceptors (Lipinski definition) is 5. The second-order valence-corrected chi connectivity index (χ2v) is 6.64. The highest BCUT2D eigenvalue weighted by molar-refractivity contribution is 6.44. The van der Waals surface area contributed by atoms with Gasteiger partial charge in [0.15, 0.2) is 0 Å². The number of oxazole rings is 1. The minimum atomic E-state index is -0.881. The van der Waals surface area contributed by atoms with E-state index in [2.05, 4.69) is 4.98 Å². The summed E-state index contributed by atoms with van der Waals surface area (Å²) in [5.74, 6) is -1.43. The van der Waals surface area contributed by atoms with Crippen molar-refractivity contribution in [3.63, 3.8) is 0 Å². The van der Waals surface area contributed by atoms with Crippen molar-refractivity contribution in [2.75, 3.05) is 0 Å². The predicted molar refractivity (Wildman–Crippen MR) is 99.9 cm³/mol. The lowest BCUT2D eigenvalue weighted by Crippen LogP contribution is -2.32. The second kappa shape index (κ2) is 7.28. The second-order valence-electron chi connectivity index (χ2n) is 6.21. The van der Waals surface area contributed by atoms with E-state index in [9.17, 15) is 14.4 Å². The lowest BCUT2D eigenvalue weighted by Gasteiger charge is -2.14. The highest BCUT2D eigenvalue weighted by atomic mass is 35.5. The van der Waals surface area contributed by atoms with Gasteiger partial charge in [-0.25, -0.2) is 14.7 Å². The molecule has 0 bridgehead atoms. The van der Waals surface area contributed by atoms with Gasteiger partial charge in [-0.1, -0.05) is 48.0 Å². The van der Waals surface area contributed by atoms with Crippen molar-refractivity contribution >= 4 is 29.4 Å². The van der Waals surface area contributed by atoms with E-state index in [1.54, 1.807) is 48.5 Å². The molecule has 0 N–H and O–H groups in total. The summed E-state index contributed by atoms with van der Waals surface area (Å²) in [6, 6.07) is 15.3. The van der Waals surface area contributed by atoms with Crippen LogP contribution in [0.25, 0.3) is 11.5 Å². The van der Waals surface area contributed by atoms with Crippen molar-refractivity contribution in [2.45, 2.75) is 13.1 Å². The number of nitrogens with zero attached hydrogens (tertiary/aromatic N) is 3. The third-order valence-corrected chi connectivity index (χ3v) is 4.50. The van der Waals surface area contributed by atoms with Gasteiger partial charge in [-0.3, -0.25) is 14.5 Å². The number of amides is 4. The van der Waals surface area contributed by atoms with Crippen LogP contribution in [-0.2, 0) is 22.7 Å². The summed E-state index contributed by atoms with van der Waals surface area (Å²) in [4.78, 5) is 43.2. The first-order chi connectivity index (χ1) is 13.5. The molecule has 0 spiro atoms. The number of urea groups is 1. The van der Waals surface area contributed by atoms with E-state index in [1.165, 1.54) is 6.26 Å². The lowest BCUT2D eigenvalue weighted by molar-refractivity contribution is -0.143. The molecular formula is C20H14ClN3O4. The maximum atomic E-state index is 12.6. The molecule has 2 aromatic carbocycles. The zero-order chi connectivity index (χ0) is 19.7. The molecular weight excluding hydrogens is 382 g/mol. The molecule has 1 fully saturated rings. The van der Waals surface area contributed by atoms with Crippen LogP contribution in [-0.4, -0.2) is 32.6 Å². The van der Waals surface area contributed by atoms with Gasteiger partial charge in [-0.2, -0.15) is 0 Å². The average molecular weight is 396 g/mol. The minimum Gasteiger partial charge on any atom is -0.444 e. The Morgan fingerprint density at radius 2 is 1.61 bits per heavy atom. The Morgan fingerprint density at radius 1 is 0.893 bits per heavy atom. The molecule has 0 saturated carbocycles. The summed E-state index contributed by atoms with van der Waals surface area (Å²) in [7, 11) is 0. The molecule has 8 heteroatoms. The van der Waals surface area contributed by atoms with E-state index >= 15 is 0 Å². The lowest BCUT2D eigenvalue weighted by atomic mass is 10.2. The number of imide groups is 2. The third kappa shape index (κ3) is 3.39. The molecule has 0 atom stereocenters. The van der Waals surface area contributed by atoms with Crippen molar-refractivity contribution in [1.82, 2.24) is 14.8 Å². The average Bonchev–Trinajstić information content (AvgIpc) is 3.24. The van der Waals surface area contributed by atoms with Gasteiger partial charge in [0.1, 0.15) is 6.26 Å². The molecule has 0 unspecified atom stereocenters. The van der Waals surface area contributed by atoms with Crippen LogP contribution in [0.15, 0.2) is 65.3 Å². The van der Waals surface area contributed by atoms with Crippen molar-refractivity contribution in [3.8, 4) is 11.5 Å². The SMILES string of the molecule is O=C1C(=O)N(Cc2coc(-c3cccc(Cl)c3)n2)C(=O)N1Cc1ccccc1. The van der Waals surface area contributed by atoms with Crippen LogP contribution in [0.4, 0.5) is 4.79 Å². The Bertz CT molecular complexity index is 1060. The van der Waals surface area contributed by atoms with Gasteiger partial charge >= 0.3 is 17.8 Å². The Balaban J connectivity index is 1.51. The third-order valence-electron chi connectivity index (χ3n) is 4.26. The topological polar surface area (TPSA) is 83.7 Å². The first-order valence-corrected chi connectivity index (χ1v) is 8.82. The molecule has 4 amide bonds. The molecule has 1 aromatic heterocycles. The molecule has 1 aliphatic rings. The molecule has 1 aliphatic heterocycles. The number of carbonyl (C=O) groups is 3. The van der Waals surface area contributed by atoms with Gasteiger partial charge in [-0.05, 0) is 23.8 Å². The normalized spacial score (nSPS) is 14.2. The Kier molecular flexibility index (Phi) is 4.67. The zero-order valence-corrected chi connectivity index (χ0v) is 15.3. The molecule has 28 heavy (non-hydrogen) atoms. The van der Waals surface area contributed by atoms with Crippen LogP contribution < -0.4 is 0 Å². The summed E-state index contributed by atoms with van der Waals surface area (Å²) in [6.07, 6.45) is 1.35. The van der Waals surface area contributed by atoms with E-state index in [1.807, 2.05) is 6.07 Å². The molecule has 0 aliphatic carbocycles. The van der Waals surface area contributed by atoms with Gasteiger partial charge in [0.05, 0.1) is 18.8 Å². The van der Waals surface area contributed by atoms with E-state index in [-0.39, 0.29) is 13.1 Å². The number of benzene rings is 2. The van der Waals surface area contributed by atoms with Crippen molar-refractivity contribution < 1.29 is 18.8 Å². The molecule has 7 nitrogen and oxygen atoms in total. The van der Waals surface area contributed by atoms with Crippen LogP contribution in [0.3, 0.4) is 0 Å². The van der Waals surface area contributed by atoms with Crippen LogP contribution in [0, 0.1) is 0 Å². The first kappa shape index (κ1) is 17.9. The molecule has 1 saturated heterocycles. The van der Waals surface area contributed by atoms with Crippen molar-refractivity contribution in [3.05, 3.63) is 77.1 Å². The number of hydrogen-bond donors (Lipinski definition) is 0. The number of rotatable bonds is 5. The van der Waals surface area contributed by atoms with Crippen molar-refractivity contribution in [2.24, 2.45) is 0 Å². The van der Waals surface area contributed by atoms with E-state index < -0.39 is 17.8 Å². The Labute approximate surface area is 165 Å². The predicted octanol–water partition coefficient (Wildman–Crippen LogP) is 3.49. The monoisotopic (exact) mass is 395 g/mol. The molecule has 140 valence electrons. The van der Waals surface area contributed by atoms with Gasteiger partial charge in [-0.15, -0.1) is 0 Å². The summed E-state index contributed by atoms with van der Waals surface area (Å²) in [6.45, 7) is -0.119. The summed E-state index contributed by atoms with van der Waals surface area (Å²) in [5, 5.41) is 0.532. The van der Waals surface area contributed by atoms with E-state index in [4.69, 9.17) is 16.0 Å². The summed E-state index contributed by atoms with van der Waals surface area (Å²) >= 11 is 5.97. The number of halogens is 1. The van der Waals surface area contributed by atoms with Gasteiger partial charge in [0.25, 0.3) is 0 Å². The molecule has 3 aromatic rings. The van der Waals surface area contributed by atoms with Crippen molar-refractivity contribution in [1.29, 1.82) is 0 Å². The Hall–Kier alpha value is -3.45. The molecule has 0 radical (unpaired) electrons. The number of carbonyl (C=O) groups excluding carboxylic acids is 3. The van der Waals surface area contributed by atoms with Gasteiger partial charge < -0.3 is 4.42 Å². The first-order valence-electron chi connectivity index (χ1n) is 8.44. The minimum absolute atomic E-state index is 0.0350. The standard InChI is InChI=1S/C20H14ClN3O4/c21-15-8-4-7-14(9-15)17-22-16(12-28-17)11-24-19(26)18(25)23(20(24)27)10-13-5-2-1-3-6-13/h1-9,12H,10-11H2. The van der Waals surface area contributed by atoms with Gasteiger partial charge in [0, 0.05) is 10.6 Å². The summed E-state index contributed by atoms with van der Waals surface area (Å²) < 4.78 is 5.42. The molecule has 4 rings (SSSR count). The van der Waals surface area contributed by atoms with Crippen LogP contribution >= 0.6 is 11.6 Å². The van der Waals surface area contributed by atoms with Crippen LogP contribution in [0.2, 0.25) is 5.02 Å². The fourth-order valence-corrected chi connectivity index (χ4v) is 3.08.